The van der Waals surface area contributed by atoms with E-state index in [0.717, 1.165) is 38.2 Å². The van der Waals surface area contributed by atoms with Crippen molar-refractivity contribution in [3.05, 3.63) is 10.6 Å². The van der Waals surface area contributed by atoms with Crippen molar-refractivity contribution >= 4 is 23.1 Å². The lowest BCUT2D eigenvalue weighted by molar-refractivity contribution is 0.0260. The van der Waals surface area contributed by atoms with E-state index in [2.05, 4.69) is 9.59 Å². The molecule has 0 saturated carbocycles. The number of halogens is 1. The van der Waals surface area contributed by atoms with Crippen LogP contribution in [-0.4, -0.2) is 28.7 Å². The summed E-state index contributed by atoms with van der Waals surface area (Å²) in [5, 5.41) is 4.04. The number of alkyl halides is 1. The molecule has 84 valence electrons. The van der Waals surface area contributed by atoms with Crippen molar-refractivity contribution in [3.8, 4) is 0 Å². The van der Waals surface area contributed by atoms with Crippen LogP contribution < -0.4 is 0 Å². The van der Waals surface area contributed by atoms with Gasteiger partial charge in [0.05, 0.1) is 5.69 Å². The minimum Gasteiger partial charge on any atom is -0.381 e. The number of hydrogen-bond acceptors (Lipinski definition) is 4. The predicted molar refractivity (Wildman–Crippen MR) is 61.6 cm³/mol. The Morgan fingerprint density at radius 3 is 2.73 bits per heavy atom. The van der Waals surface area contributed by atoms with Crippen LogP contribution in [0.5, 0.6) is 0 Å². The summed E-state index contributed by atoms with van der Waals surface area (Å²) in [7, 11) is 0. The highest BCUT2D eigenvalue weighted by Crippen LogP contribution is 2.36. The minimum atomic E-state index is 0.207. The molecule has 1 aromatic rings. The summed E-state index contributed by atoms with van der Waals surface area (Å²) < 4.78 is 9.36. The second-order valence-corrected chi connectivity index (χ2v) is 5.31. The molecule has 1 saturated heterocycles. The zero-order valence-corrected chi connectivity index (χ0v) is 10.4. The third-order valence-electron chi connectivity index (χ3n) is 3.12. The van der Waals surface area contributed by atoms with Crippen LogP contribution in [0.1, 0.15) is 23.4 Å². The fourth-order valence-electron chi connectivity index (χ4n) is 1.92. The number of ether oxygens (including phenoxy) is 1. The van der Waals surface area contributed by atoms with Crippen LogP contribution in [0.15, 0.2) is 0 Å². The number of rotatable bonds is 3. The number of hydrogen-bond donors (Lipinski definition) is 0. The van der Waals surface area contributed by atoms with E-state index in [4.69, 9.17) is 16.3 Å². The van der Waals surface area contributed by atoms with E-state index in [9.17, 15) is 0 Å². The fraction of sp³-hybridized carbons (Fsp3) is 0.800. The highest BCUT2D eigenvalue weighted by atomic mass is 35.5. The van der Waals surface area contributed by atoms with Gasteiger partial charge in [0.2, 0.25) is 0 Å². The zero-order chi connectivity index (χ0) is 10.7. The standard InChI is InChI=1S/C10H15ClN2OS/c1-8-9(15-13-12-8)6-10(7-11)2-4-14-5-3-10/h2-7H2,1H3. The first-order valence-electron chi connectivity index (χ1n) is 5.17. The molecule has 0 spiro atoms. The molecule has 1 fully saturated rings. The van der Waals surface area contributed by atoms with Crippen LogP contribution in [0, 0.1) is 12.3 Å². The highest BCUT2D eigenvalue weighted by Gasteiger charge is 2.33. The Hall–Kier alpha value is -0.190. The first-order chi connectivity index (χ1) is 7.26. The molecule has 0 unspecified atom stereocenters. The molecule has 5 heteroatoms. The summed E-state index contributed by atoms with van der Waals surface area (Å²) in [4.78, 5) is 1.28. The summed E-state index contributed by atoms with van der Waals surface area (Å²) in [5.41, 5.74) is 1.26. The predicted octanol–water partition coefficient (Wildman–Crippen LogP) is 2.42. The van der Waals surface area contributed by atoms with Crippen LogP contribution in [0.2, 0.25) is 0 Å². The molecule has 0 N–H and O–H groups in total. The zero-order valence-electron chi connectivity index (χ0n) is 8.83. The van der Waals surface area contributed by atoms with Crippen molar-refractivity contribution in [3.63, 3.8) is 0 Å². The van der Waals surface area contributed by atoms with E-state index in [0.29, 0.717) is 5.88 Å². The second kappa shape index (κ2) is 4.76. The molecule has 0 aliphatic carbocycles. The third kappa shape index (κ3) is 2.49. The van der Waals surface area contributed by atoms with Crippen LogP contribution in [0.4, 0.5) is 0 Å². The van der Waals surface area contributed by atoms with E-state index in [1.807, 2.05) is 6.92 Å². The van der Waals surface area contributed by atoms with Gasteiger partial charge in [0.15, 0.2) is 0 Å². The summed E-state index contributed by atoms with van der Waals surface area (Å²) in [6.07, 6.45) is 3.10. The maximum atomic E-state index is 6.11. The molecule has 0 bridgehead atoms. The Balaban J connectivity index is 2.10. The van der Waals surface area contributed by atoms with E-state index in [1.54, 1.807) is 0 Å². The average Bonchev–Trinajstić information content (AvgIpc) is 2.66. The number of aryl methyl sites for hydroxylation is 1. The molecular weight excluding hydrogens is 232 g/mol. The van der Waals surface area contributed by atoms with E-state index in [1.165, 1.54) is 16.4 Å². The highest BCUT2D eigenvalue weighted by molar-refractivity contribution is 7.05. The van der Waals surface area contributed by atoms with Crippen LogP contribution >= 0.6 is 23.1 Å². The van der Waals surface area contributed by atoms with Crippen LogP contribution in [0.25, 0.3) is 0 Å². The van der Waals surface area contributed by atoms with Crippen molar-refractivity contribution in [2.75, 3.05) is 19.1 Å². The molecule has 1 aromatic heterocycles. The minimum absolute atomic E-state index is 0.207. The molecule has 0 amide bonds. The summed E-state index contributed by atoms with van der Waals surface area (Å²) in [6, 6.07) is 0. The Bertz CT molecular complexity index is 323. The maximum Gasteiger partial charge on any atom is 0.0756 e. The van der Waals surface area contributed by atoms with Gasteiger partial charge in [-0.15, -0.1) is 16.7 Å². The van der Waals surface area contributed by atoms with Gasteiger partial charge in [0.1, 0.15) is 0 Å². The van der Waals surface area contributed by atoms with Crippen molar-refractivity contribution in [2.45, 2.75) is 26.2 Å². The number of nitrogens with zero attached hydrogens (tertiary/aromatic N) is 2. The molecule has 1 aliphatic heterocycles. The van der Waals surface area contributed by atoms with Crippen molar-refractivity contribution < 1.29 is 4.74 Å². The molecule has 0 aromatic carbocycles. The monoisotopic (exact) mass is 246 g/mol. The Morgan fingerprint density at radius 2 is 2.20 bits per heavy atom. The van der Waals surface area contributed by atoms with Gasteiger partial charge in [-0.1, -0.05) is 4.49 Å². The SMILES string of the molecule is Cc1nnsc1CC1(CCl)CCOCC1. The van der Waals surface area contributed by atoms with E-state index >= 15 is 0 Å². The lowest BCUT2D eigenvalue weighted by Gasteiger charge is -2.35. The normalized spacial score (nSPS) is 20.4. The lowest BCUT2D eigenvalue weighted by Crippen LogP contribution is -2.33. The summed E-state index contributed by atoms with van der Waals surface area (Å²) in [6.45, 7) is 3.68. The molecular formula is C10H15ClN2OS. The molecule has 2 rings (SSSR count). The molecule has 2 heterocycles. The first kappa shape index (κ1) is 11.3. The Labute approximate surface area is 99.0 Å². The van der Waals surface area contributed by atoms with Gasteiger partial charge >= 0.3 is 0 Å². The van der Waals surface area contributed by atoms with Crippen molar-refractivity contribution in [1.82, 2.24) is 9.59 Å². The van der Waals surface area contributed by atoms with Gasteiger partial charge in [-0.2, -0.15) is 0 Å². The quantitative estimate of drug-likeness (QED) is 0.769. The van der Waals surface area contributed by atoms with Crippen LogP contribution in [-0.2, 0) is 11.2 Å². The van der Waals surface area contributed by atoms with E-state index in [-0.39, 0.29) is 5.41 Å². The Kier molecular flexibility index (Phi) is 3.59. The topological polar surface area (TPSA) is 35.0 Å². The average molecular weight is 247 g/mol. The van der Waals surface area contributed by atoms with Gasteiger partial charge in [0, 0.05) is 24.0 Å². The molecule has 0 radical (unpaired) electrons. The summed E-state index contributed by atoms with van der Waals surface area (Å²) in [5.74, 6) is 0.702. The smallest absolute Gasteiger partial charge is 0.0756 e. The van der Waals surface area contributed by atoms with Gasteiger partial charge in [-0.25, -0.2) is 0 Å². The van der Waals surface area contributed by atoms with Crippen molar-refractivity contribution in [1.29, 1.82) is 0 Å². The van der Waals surface area contributed by atoms with Gasteiger partial charge < -0.3 is 4.74 Å². The third-order valence-corrected chi connectivity index (χ3v) is 4.51. The van der Waals surface area contributed by atoms with E-state index < -0.39 is 0 Å². The van der Waals surface area contributed by atoms with Crippen LogP contribution in [0.3, 0.4) is 0 Å². The van der Waals surface area contributed by atoms with Gasteiger partial charge in [0.25, 0.3) is 0 Å². The molecule has 15 heavy (non-hydrogen) atoms. The molecule has 0 atom stereocenters. The largest absolute Gasteiger partial charge is 0.381 e. The summed E-state index contributed by atoms with van der Waals surface area (Å²) >= 11 is 7.61. The second-order valence-electron chi connectivity index (χ2n) is 4.20. The molecule has 1 aliphatic rings. The van der Waals surface area contributed by atoms with Crippen molar-refractivity contribution in [2.24, 2.45) is 5.41 Å². The maximum absolute atomic E-state index is 6.11. The fourth-order valence-corrected chi connectivity index (χ4v) is 3.08. The number of aromatic nitrogens is 2. The molecule has 3 nitrogen and oxygen atoms in total. The van der Waals surface area contributed by atoms with Gasteiger partial charge in [-0.05, 0) is 43.1 Å². The Morgan fingerprint density at radius 1 is 1.47 bits per heavy atom. The first-order valence-corrected chi connectivity index (χ1v) is 6.48. The van der Waals surface area contributed by atoms with Gasteiger partial charge in [-0.3, -0.25) is 0 Å². The lowest BCUT2D eigenvalue weighted by atomic mass is 9.78.